The number of hydrogen-bond acceptors (Lipinski definition) is 7. The summed E-state index contributed by atoms with van der Waals surface area (Å²) < 4.78 is 16.0. The zero-order chi connectivity index (χ0) is 17.0. The van der Waals surface area contributed by atoms with E-state index in [-0.39, 0.29) is 46.3 Å². The minimum Gasteiger partial charge on any atom is -0.507 e. The van der Waals surface area contributed by atoms with E-state index in [4.69, 9.17) is 13.9 Å². The van der Waals surface area contributed by atoms with E-state index in [1.807, 2.05) is 0 Å². The Morgan fingerprint density at radius 3 is 2.71 bits per heavy atom. The second-order valence-corrected chi connectivity index (χ2v) is 5.34. The molecule has 1 aliphatic heterocycles. The largest absolute Gasteiger partial charge is 0.507 e. The molecule has 2 heterocycles. The first kappa shape index (κ1) is 14.3. The van der Waals surface area contributed by atoms with Gasteiger partial charge in [0.1, 0.15) is 23.3 Å². The second kappa shape index (κ2) is 4.82. The number of aromatic hydroxyl groups is 3. The number of ether oxygens (including phenoxy) is 2. The molecule has 4 rings (SSSR count). The minimum absolute atomic E-state index is 0.0470. The number of benzene rings is 2. The molecule has 2 aromatic carbocycles. The number of methoxy groups -OCH3 is 1. The lowest BCUT2D eigenvalue weighted by molar-refractivity contribution is 0.288. The van der Waals surface area contributed by atoms with Crippen molar-refractivity contribution >= 4 is 11.0 Å². The molecule has 0 radical (unpaired) electrons. The van der Waals surface area contributed by atoms with Gasteiger partial charge in [0.05, 0.1) is 12.7 Å². The summed E-state index contributed by atoms with van der Waals surface area (Å²) in [6, 6.07) is 6.04. The minimum atomic E-state index is -0.615. The van der Waals surface area contributed by atoms with Crippen LogP contribution in [0.2, 0.25) is 0 Å². The van der Waals surface area contributed by atoms with Crippen LogP contribution in [-0.2, 0) is 6.61 Å². The Bertz CT molecular complexity index is 1050. The van der Waals surface area contributed by atoms with Gasteiger partial charge in [0, 0.05) is 11.6 Å². The van der Waals surface area contributed by atoms with Crippen LogP contribution in [0, 0.1) is 0 Å². The van der Waals surface area contributed by atoms with Crippen LogP contribution < -0.4 is 14.9 Å². The highest BCUT2D eigenvalue weighted by atomic mass is 16.5. The molecule has 0 aliphatic carbocycles. The van der Waals surface area contributed by atoms with Gasteiger partial charge in [-0.2, -0.15) is 0 Å². The predicted octanol–water partition coefficient (Wildman–Crippen LogP) is 2.48. The molecule has 7 heteroatoms. The molecule has 0 fully saturated rings. The third kappa shape index (κ3) is 1.75. The fourth-order valence-electron chi connectivity index (χ4n) is 2.90. The highest BCUT2D eigenvalue weighted by Gasteiger charge is 2.29. The van der Waals surface area contributed by atoms with Gasteiger partial charge in [-0.1, -0.05) is 12.1 Å². The summed E-state index contributed by atoms with van der Waals surface area (Å²) in [6.45, 7) is 0.0863. The van der Waals surface area contributed by atoms with Crippen molar-refractivity contribution in [3.05, 3.63) is 40.1 Å². The molecule has 3 N–H and O–H groups in total. The van der Waals surface area contributed by atoms with E-state index in [0.29, 0.717) is 11.1 Å². The van der Waals surface area contributed by atoms with Gasteiger partial charge in [-0.25, -0.2) is 0 Å². The van der Waals surface area contributed by atoms with Crippen LogP contribution in [0.25, 0.3) is 22.3 Å². The summed E-state index contributed by atoms with van der Waals surface area (Å²) in [5, 5.41) is 30.1. The Morgan fingerprint density at radius 1 is 1.17 bits per heavy atom. The maximum Gasteiger partial charge on any atom is 0.239 e. The van der Waals surface area contributed by atoms with Crippen LogP contribution >= 0.6 is 0 Å². The third-order valence-electron chi connectivity index (χ3n) is 3.98. The van der Waals surface area contributed by atoms with Gasteiger partial charge in [0.25, 0.3) is 0 Å². The van der Waals surface area contributed by atoms with Crippen LogP contribution in [0.3, 0.4) is 0 Å². The number of phenols is 3. The zero-order valence-corrected chi connectivity index (χ0v) is 12.5. The maximum atomic E-state index is 12.7. The van der Waals surface area contributed by atoms with Crippen molar-refractivity contribution in [2.45, 2.75) is 6.61 Å². The molecule has 7 nitrogen and oxygen atoms in total. The van der Waals surface area contributed by atoms with Crippen LogP contribution in [0.4, 0.5) is 0 Å². The quantitative estimate of drug-likeness (QED) is 0.629. The lowest BCUT2D eigenvalue weighted by atomic mass is 10.0. The number of fused-ring (bicyclic) bond motifs is 4. The summed E-state index contributed by atoms with van der Waals surface area (Å²) in [6.07, 6.45) is 0. The van der Waals surface area contributed by atoms with Crippen LogP contribution in [0.5, 0.6) is 28.7 Å². The fraction of sp³-hybridized carbons (Fsp3) is 0.118. The summed E-state index contributed by atoms with van der Waals surface area (Å²) in [7, 11) is 1.26. The summed E-state index contributed by atoms with van der Waals surface area (Å²) in [5.74, 6) is -1.25. The van der Waals surface area contributed by atoms with E-state index in [1.165, 1.54) is 19.2 Å². The maximum absolute atomic E-state index is 12.7. The molecule has 24 heavy (non-hydrogen) atoms. The highest BCUT2D eigenvalue weighted by Crippen LogP contribution is 2.46. The number of hydrogen-bond donors (Lipinski definition) is 3. The van der Waals surface area contributed by atoms with Crippen molar-refractivity contribution in [3.63, 3.8) is 0 Å². The Balaban J connectivity index is 2.15. The molecule has 3 aromatic rings. The predicted molar refractivity (Wildman–Crippen MR) is 83.8 cm³/mol. The van der Waals surface area contributed by atoms with Crippen molar-refractivity contribution in [1.29, 1.82) is 0 Å². The van der Waals surface area contributed by atoms with Crippen LogP contribution in [0.1, 0.15) is 5.56 Å². The molecule has 1 aromatic heterocycles. The highest BCUT2D eigenvalue weighted by molar-refractivity contribution is 5.92. The van der Waals surface area contributed by atoms with E-state index in [0.717, 1.165) is 0 Å². The van der Waals surface area contributed by atoms with Crippen molar-refractivity contribution in [1.82, 2.24) is 0 Å². The van der Waals surface area contributed by atoms with Gasteiger partial charge in [0.15, 0.2) is 17.3 Å². The first-order valence-corrected chi connectivity index (χ1v) is 7.06. The SMILES string of the molecule is COc1c(O)cc2oc3c(c(=O)c2c1O)OCc1cccc(O)c1-3. The second-order valence-electron chi connectivity index (χ2n) is 5.34. The average molecular weight is 328 g/mol. The molecule has 0 spiro atoms. The Kier molecular flexibility index (Phi) is 2.86. The van der Waals surface area contributed by atoms with Crippen molar-refractivity contribution in [3.8, 4) is 40.1 Å². The molecule has 122 valence electrons. The molecule has 0 unspecified atom stereocenters. The molecule has 0 saturated carbocycles. The zero-order valence-electron chi connectivity index (χ0n) is 12.5. The Morgan fingerprint density at radius 2 is 1.96 bits per heavy atom. The van der Waals surface area contributed by atoms with Crippen molar-refractivity contribution < 1.29 is 29.2 Å². The van der Waals surface area contributed by atoms with E-state index < -0.39 is 11.2 Å². The summed E-state index contributed by atoms with van der Waals surface area (Å²) >= 11 is 0. The van der Waals surface area contributed by atoms with Gasteiger partial charge in [0.2, 0.25) is 16.9 Å². The lowest BCUT2D eigenvalue weighted by Gasteiger charge is -2.20. The van der Waals surface area contributed by atoms with Gasteiger partial charge in [-0.05, 0) is 6.07 Å². The van der Waals surface area contributed by atoms with Crippen LogP contribution in [-0.4, -0.2) is 22.4 Å². The van der Waals surface area contributed by atoms with Crippen LogP contribution in [0.15, 0.2) is 33.5 Å². The average Bonchev–Trinajstić information content (AvgIpc) is 2.54. The molecule has 0 atom stereocenters. The smallest absolute Gasteiger partial charge is 0.239 e. The van der Waals surface area contributed by atoms with E-state index in [9.17, 15) is 20.1 Å². The van der Waals surface area contributed by atoms with E-state index >= 15 is 0 Å². The molecule has 0 saturated heterocycles. The monoisotopic (exact) mass is 328 g/mol. The third-order valence-corrected chi connectivity index (χ3v) is 3.98. The lowest BCUT2D eigenvalue weighted by Crippen LogP contribution is -2.15. The summed E-state index contributed by atoms with van der Waals surface area (Å²) in [4.78, 5) is 12.7. The first-order valence-electron chi connectivity index (χ1n) is 7.06. The molecule has 1 aliphatic rings. The topological polar surface area (TPSA) is 109 Å². The van der Waals surface area contributed by atoms with Gasteiger partial charge < -0.3 is 29.2 Å². The first-order chi connectivity index (χ1) is 11.5. The molecule has 0 bridgehead atoms. The number of phenolic OH excluding ortho intramolecular Hbond substituents is 3. The van der Waals surface area contributed by atoms with E-state index in [1.54, 1.807) is 12.1 Å². The summed E-state index contributed by atoms with van der Waals surface area (Å²) in [5.41, 5.74) is 0.352. The van der Waals surface area contributed by atoms with E-state index in [2.05, 4.69) is 0 Å². The fourth-order valence-corrected chi connectivity index (χ4v) is 2.90. The molecular formula is C17H12O7. The number of rotatable bonds is 1. The van der Waals surface area contributed by atoms with Gasteiger partial charge in [-0.15, -0.1) is 0 Å². The molecular weight excluding hydrogens is 316 g/mol. The molecule has 0 amide bonds. The van der Waals surface area contributed by atoms with Crippen molar-refractivity contribution in [2.75, 3.05) is 7.11 Å². The van der Waals surface area contributed by atoms with Gasteiger partial charge in [-0.3, -0.25) is 4.79 Å². The Hall–Kier alpha value is -3.35. The van der Waals surface area contributed by atoms with Gasteiger partial charge >= 0.3 is 0 Å². The normalized spacial score (nSPS) is 12.4. The van der Waals surface area contributed by atoms with Crippen molar-refractivity contribution in [2.24, 2.45) is 0 Å². The Labute approximate surface area is 134 Å². The standard InChI is InChI=1S/C17H12O7/c1-22-15-9(19)5-10-12(13(15)20)14(21)17-16(24-10)11-7(6-23-17)3-2-4-8(11)18/h2-5,18-20H,6H2,1H3.